The minimum Gasteiger partial charge on any atom is -0.378 e. The Labute approximate surface area is 400 Å². The standard InChI is InChI=1S/C24H32N10O2.C22H30N10O/c1-15-13-32(5-6-33(15)16(2)35)24-28-19-21(31-7-9-36-10-8-31)29-20(18-11-26-23(25)27-12-18)30-22(19)34(24)14-17-3-4-17;1-14-12-31(5-4-24-14)22-27-17-19(30-6-8-33-9-7-30)28-18(16-10-25-21(23)26-11-16)29-20(17)32(22)13-15-2-3-15/h11-12,15,17H,3-10,13-14H2,1-2H3,(H2,25,26,27);10-11,14-15,24H,2-9,12-13H2,1H3,(H2,23,25,26)/t15-;14-/m00/s1. The van der Waals surface area contributed by atoms with Crippen molar-refractivity contribution in [2.45, 2.75) is 71.6 Å². The van der Waals surface area contributed by atoms with E-state index in [9.17, 15) is 4.79 Å². The Morgan fingerprint density at radius 3 is 1.49 bits per heavy atom. The van der Waals surface area contributed by atoms with Crippen LogP contribution in [0.15, 0.2) is 24.8 Å². The molecule has 2 atom stereocenters. The topological polar surface area (TPSA) is 255 Å². The SMILES string of the molecule is CC(=O)N1CCN(c2nc3c(N4CCOCC4)nc(-c4cnc(N)nc4)nc3n2CC2CC2)C[C@@H]1C.C[C@H]1CN(c2nc3c(N4CCOCC4)nc(-c4cnc(N)nc4)nc3n2CC2CC2)CCN1. The number of aromatic nitrogens is 12. The number of morpholine rings is 2. The summed E-state index contributed by atoms with van der Waals surface area (Å²) in [6, 6.07) is 0.526. The Morgan fingerprint density at radius 2 is 1.07 bits per heavy atom. The number of nitrogens with one attached hydrogen (secondary N) is 1. The van der Waals surface area contributed by atoms with Crippen LogP contribution in [0.1, 0.15) is 46.5 Å². The molecule has 23 heteroatoms. The van der Waals surface area contributed by atoms with E-state index in [1.54, 1.807) is 31.7 Å². The molecule has 0 unspecified atom stereocenters. The third-order valence-corrected chi connectivity index (χ3v) is 13.8. The van der Waals surface area contributed by atoms with E-state index in [0.29, 0.717) is 68.1 Å². The van der Waals surface area contributed by atoms with E-state index in [4.69, 9.17) is 50.8 Å². The van der Waals surface area contributed by atoms with Crippen molar-refractivity contribution in [3.8, 4) is 22.8 Å². The first-order valence-corrected chi connectivity index (χ1v) is 24.5. The van der Waals surface area contributed by atoms with Crippen LogP contribution in [0.25, 0.3) is 45.1 Å². The highest BCUT2D eigenvalue weighted by Crippen LogP contribution is 2.39. The van der Waals surface area contributed by atoms with Gasteiger partial charge in [-0.2, -0.15) is 0 Å². The van der Waals surface area contributed by atoms with Gasteiger partial charge in [-0.25, -0.2) is 49.8 Å². The predicted octanol–water partition coefficient (Wildman–Crippen LogP) is 2.08. The molecule has 10 heterocycles. The average molecular weight is 943 g/mol. The maximum absolute atomic E-state index is 12.1. The Morgan fingerprint density at radius 1 is 0.609 bits per heavy atom. The summed E-state index contributed by atoms with van der Waals surface area (Å²) >= 11 is 0. The fourth-order valence-electron chi connectivity index (χ4n) is 9.76. The molecule has 2 saturated carbocycles. The van der Waals surface area contributed by atoms with Crippen molar-refractivity contribution < 1.29 is 14.3 Å². The third-order valence-electron chi connectivity index (χ3n) is 13.8. The van der Waals surface area contributed by atoms with Gasteiger partial charge in [0.25, 0.3) is 0 Å². The molecule has 4 saturated heterocycles. The van der Waals surface area contributed by atoms with Gasteiger partial charge in [-0.1, -0.05) is 0 Å². The zero-order valence-electron chi connectivity index (χ0n) is 39.7. The summed E-state index contributed by atoms with van der Waals surface area (Å²) in [7, 11) is 0. The van der Waals surface area contributed by atoms with Gasteiger partial charge in [0.15, 0.2) is 45.6 Å². The van der Waals surface area contributed by atoms with Crippen LogP contribution < -0.4 is 36.4 Å². The molecule has 6 aliphatic rings. The Hall–Kier alpha value is -6.59. The van der Waals surface area contributed by atoms with Gasteiger partial charge in [0, 0.05) is 122 Å². The van der Waals surface area contributed by atoms with Crippen molar-refractivity contribution in [2.75, 3.05) is 123 Å². The highest BCUT2D eigenvalue weighted by atomic mass is 16.5. The summed E-state index contributed by atoms with van der Waals surface area (Å²) in [4.78, 5) is 70.1. The molecule has 0 bridgehead atoms. The van der Waals surface area contributed by atoms with E-state index in [0.717, 1.165) is 123 Å². The third kappa shape index (κ3) is 9.58. The van der Waals surface area contributed by atoms with E-state index in [2.05, 4.69) is 67.8 Å². The summed E-state index contributed by atoms with van der Waals surface area (Å²) in [5, 5.41) is 3.53. The fraction of sp³-hybridized carbons (Fsp3) is 0.587. The first kappa shape index (κ1) is 44.9. The number of imidazole rings is 2. The van der Waals surface area contributed by atoms with Crippen LogP contribution in [0.3, 0.4) is 0 Å². The van der Waals surface area contributed by atoms with Gasteiger partial charge in [-0.15, -0.1) is 0 Å². The molecule has 0 radical (unpaired) electrons. The Balaban J connectivity index is 0.000000151. The van der Waals surface area contributed by atoms with Crippen LogP contribution in [-0.4, -0.2) is 174 Å². The number of anilines is 6. The van der Waals surface area contributed by atoms with Crippen molar-refractivity contribution in [1.29, 1.82) is 0 Å². The minimum atomic E-state index is 0.109. The highest BCUT2D eigenvalue weighted by molar-refractivity contribution is 5.89. The second-order valence-corrected chi connectivity index (χ2v) is 19.2. The monoisotopic (exact) mass is 943 g/mol. The molecule has 69 heavy (non-hydrogen) atoms. The summed E-state index contributed by atoms with van der Waals surface area (Å²) in [6.07, 6.45) is 11.7. The molecule has 12 rings (SSSR count). The van der Waals surface area contributed by atoms with Gasteiger partial charge in [0.2, 0.25) is 29.7 Å². The van der Waals surface area contributed by atoms with Gasteiger partial charge in [0.1, 0.15) is 0 Å². The molecule has 2 aliphatic carbocycles. The molecule has 6 fully saturated rings. The van der Waals surface area contributed by atoms with Crippen molar-refractivity contribution in [3.63, 3.8) is 0 Å². The predicted molar refractivity (Wildman–Crippen MR) is 262 cm³/mol. The number of carbonyl (C=O) groups excluding carboxylic acids is 1. The van der Waals surface area contributed by atoms with E-state index < -0.39 is 0 Å². The molecule has 6 aromatic heterocycles. The van der Waals surface area contributed by atoms with Gasteiger partial charge in [0.05, 0.1) is 37.6 Å². The van der Waals surface area contributed by atoms with Gasteiger partial charge in [-0.05, 0) is 51.4 Å². The minimum absolute atomic E-state index is 0.109. The lowest BCUT2D eigenvalue weighted by atomic mass is 10.2. The maximum atomic E-state index is 12.1. The smallest absolute Gasteiger partial charge is 0.219 e. The number of hydrogen-bond acceptors (Lipinski definition) is 20. The Bertz CT molecular complexity index is 2780. The van der Waals surface area contributed by atoms with Crippen molar-refractivity contribution in [2.24, 2.45) is 11.8 Å². The molecule has 0 aromatic carbocycles. The summed E-state index contributed by atoms with van der Waals surface area (Å²) in [6.45, 7) is 18.4. The second kappa shape index (κ2) is 19.1. The molecule has 1 amide bonds. The number of nitrogen functional groups attached to an aromatic ring is 2. The van der Waals surface area contributed by atoms with Gasteiger partial charge >= 0.3 is 0 Å². The van der Waals surface area contributed by atoms with E-state index in [1.807, 2.05) is 4.90 Å². The molecule has 6 aromatic rings. The van der Waals surface area contributed by atoms with Crippen molar-refractivity contribution in [3.05, 3.63) is 24.8 Å². The van der Waals surface area contributed by atoms with E-state index in [-0.39, 0.29) is 23.8 Å². The second-order valence-electron chi connectivity index (χ2n) is 19.2. The molecular formula is C46H62N20O3. The summed E-state index contributed by atoms with van der Waals surface area (Å²) < 4.78 is 15.8. The molecule has 364 valence electrons. The van der Waals surface area contributed by atoms with Crippen LogP contribution in [0.5, 0.6) is 0 Å². The van der Waals surface area contributed by atoms with Crippen LogP contribution in [0.2, 0.25) is 0 Å². The lowest BCUT2D eigenvalue weighted by Crippen LogP contribution is -2.54. The molecule has 0 spiro atoms. The number of ether oxygens (including phenoxy) is 2. The molecular weight excluding hydrogens is 881 g/mol. The Kier molecular flexibility index (Phi) is 12.4. The number of nitrogens with zero attached hydrogens (tertiary/aromatic N) is 17. The summed E-state index contributed by atoms with van der Waals surface area (Å²) in [5.41, 5.74) is 16.3. The zero-order valence-corrected chi connectivity index (χ0v) is 39.7. The maximum Gasteiger partial charge on any atom is 0.219 e. The number of rotatable bonds is 10. The van der Waals surface area contributed by atoms with Gasteiger partial charge < -0.3 is 50.8 Å². The number of nitrogens with two attached hydrogens (primary N) is 2. The van der Waals surface area contributed by atoms with Crippen molar-refractivity contribution >= 4 is 63.7 Å². The molecule has 5 N–H and O–H groups in total. The quantitative estimate of drug-likeness (QED) is 0.178. The van der Waals surface area contributed by atoms with Crippen LogP contribution in [0.4, 0.5) is 35.4 Å². The van der Waals surface area contributed by atoms with Crippen LogP contribution >= 0.6 is 0 Å². The van der Waals surface area contributed by atoms with E-state index in [1.165, 1.54) is 25.7 Å². The number of hydrogen-bond donors (Lipinski definition) is 3. The largest absolute Gasteiger partial charge is 0.378 e. The number of fused-ring (bicyclic) bond motifs is 2. The lowest BCUT2D eigenvalue weighted by Gasteiger charge is -2.40. The molecule has 23 nitrogen and oxygen atoms in total. The number of amides is 1. The fourth-order valence-corrected chi connectivity index (χ4v) is 9.76. The van der Waals surface area contributed by atoms with E-state index >= 15 is 0 Å². The summed E-state index contributed by atoms with van der Waals surface area (Å²) in [5.74, 6) is 6.61. The first-order valence-electron chi connectivity index (χ1n) is 24.5. The first-order chi connectivity index (χ1) is 33.6. The van der Waals surface area contributed by atoms with Gasteiger partial charge in [-0.3, -0.25) is 13.9 Å². The van der Waals surface area contributed by atoms with Crippen molar-refractivity contribution in [1.82, 2.24) is 69.2 Å². The van der Waals surface area contributed by atoms with Crippen LogP contribution in [0, 0.1) is 11.8 Å². The lowest BCUT2D eigenvalue weighted by molar-refractivity contribution is -0.131. The number of piperazine rings is 2. The van der Waals surface area contributed by atoms with Crippen LogP contribution in [-0.2, 0) is 27.4 Å². The zero-order chi connectivity index (χ0) is 47.2. The molecule has 4 aliphatic heterocycles. The highest BCUT2D eigenvalue weighted by Gasteiger charge is 2.34. The average Bonchev–Trinajstić information content (AvgIpc) is 4.31. The normalized spacial score (nSPS) is 21.2. The number of carbonyl (C=O) groups is 1.